The SMILES string of the molecule is [O-][n+]1ccc(Cl)c2c3c(ccc21)N(CC(F)(F)F)C(c1ccccc1F)C3. The van der Waals surface area contributed by atoms with E-state index in [1.165, 1.54) is 42.6 Å². The Kier molecular flexibility index (Phi) is 4.14. The van der Waals surface area contributed by atoms with E-state index in [9.17, 15) is 22.8 Å². The fraction of sp³-hybridized carbons (Fsp3) is 0.211. The molecule has 1 aliphatic heterocycles. The first-order chi connectivity index (χ1) is 12.8. The second-order valence-corrected chi connectivity index (χ2v) is 6.84. The molecule has 1 aliphatic rings. The molecule has 1 aromatic heterocycles. The summed E-state index contributed by atoms with van der Waals surface area (Å²) in [6, 6.07) is 9.25. The van der Waals surface area contributed by atoms with E-state index in [0.29, 0.717) is 21.4 Å². The summed E-state index contributed by atoms with van der Waals surface area (Å²) in [5.41, 5.74) is 1.26. The molecule has 0 aliphatic carbocycles. The van der Waals surface area contributed by atoms with Gasteiger partial charge in [-0.05, 0) is 17.7 Å². The van der Waals surface area contributed by atoms with Crippen molar-refractivity contribution in [2.75, 3.05) is 11.4 Å². The second kappa shape index (κ2) is 6.27. The number of fused-ring (bicyclic) bond motifs is 3. The number of hydrogen-bond donors (Lipinski definition) is 0. The van der Waals surface area contributed by atoms with Crippen LogP contribution in [0.25, 0.3) is 10.9 Å². The molecule has 2 heterocycles. The molecule has 140 valence electrons. The normalized spacial score (nSPS) is 16.8. The highest BCUT2D eigenvalue weighted by atomic mass is 35.5. The van der Waals surface area contributed by atoms with E-state index in [2.05, 4.69) is 0 Å². The number of anilines is 1. The summed E-state index contributed by atoms with van der Waals surface area (Å²) in [5, 5.41) is 12.7. The molecule has 0 bridgehead atoms. The van der Waals surface area contributed by atoms with E-state index in [1.54, 1.807) is 6.07 Å². The smallest absolute Gasteiger partial charge is 0.405 e. The maximum absolute atomic E-state index is 14.3. The van der Waals surface area contributed by atoms with Gasteiger partial charge < -0.3 is 10.1 Å². The minimum atomic E-state index is -4.47. The van der Waals surface area contributed by atoms with Crippen LogP contribution >= 0.6 is 11.6 Å². The molecule has 1 unspecified atom stereocenters. The molecule has 0 amide bonds. The zero-order valence-electron chi connectivity index (χ0n) is 13.8. The summed E-state index contributed by atoms with van der Waals surface area (Å²) in [6.07, 6.45) is -3.11. The summed E-state index contributed by atoms with van der Waals surface area (Å²) >= 11 is 6.25. The van der Waals surface area contributed by atoms with Crippen LogP contribution in [0.4, 0.5) is 23.2 Å². The Morgan fingerprint density at radius 3 is 2.59 bits per heavy atom. The number of halogens is 5. The van der Waals surface area contributed by atoms with Gasteiger partial charge in [-0.2, -0.15) is 17.9 Å². The van der Waals surface area contributed by atoms with E-state index >= 15 is 0 Å². The van der Waals surface area contributed by atoms with Gasteiger partial charge in [0.05, 0.1) is 16.5 Å². The first kappa shape index (κ1) is 17.9. The molecule has 8 heteroatoms. The largest absolute Gasteiger partial charge is 0.618 e. The van der Waals surface area contributed by atoms with Crippen LogP contribution in [0.5, 0.6) is 0 Å². The molecule has 2 aromatic carbocycles. The van der Waals surface area contributed by atoms with Gasteiger partial charge in [-0.3, -0.25) is 0 Å². The Morgan fingerprint density at radius 1 is 1.15 bits per heavy atom. The molecule has 4 rings (SSSR count). The molecule has 3 aromatic rings. The monoisotopic (exact) mass is 396 g/mol. The third-order valence-electron chi connectivity index (χ3n) is 4.80. The Balaban J connectivity index is 1.93. The molecule has 0 radical (unpaired) electrons. The average Bonchev–Trinajstić information content (AvgIpc) is 2.95. The molecule has 0 saturated carbocycles. The minimum absolute atomic E-state index is 0.118. The van der Waals surface area contributed by atoms with Gasteiger partial charge in [0.25, 0.3) is 0 Å². The van der Waals surface area contributed by atoms with Crippen LogP contribution in [-0.2, 0) is 6.42 Å². The van der Waals surface area contributed by atoms with Gasteiger partial charge in [0.2, 0.25) is 5.52 Å². The maximum Gasteiger partial charge on any atom is 0.405 e. The summed E-state index contributed by atoms with van der Waals surface area (Å²) in [7, 11) is 0. The lowest BCUT2D eigenvalue weighted by molar-refractivity contribution is -0.577. The number of alkyl halides is 3. The van der Waals surface area contributed by atoms with E-state index in [1.807, 2.05) is 0 Å². The van der Waals surface area contributed by atoms with Crippen molar-refractivity contribution in [1.82, 2.24) is 0 Å². The number of hydrogen-bond acceptors (Lipinski definition) is 2. The number of rotatable bonds is 2. The summed E-state index contributed by atoms with van der Waals surface area (Å²) in [4.78, 5) is 1.13. The van der Waals surface area contributed by atoms with Gasteiger partial charge in [-0.25, -0.2) is 4.39 Å². The van der Waals surface area contributed by atoms with Crippen molar-refractivity contribution in [1.29, 1.82) is 0 Å². The fourth-order valence-electron chi connectivity index (χ4n) is 3.73. The van der Waals surface area contributed by atoms with Crippen molar-refractivity contribution in [2.45, 2.75) is 18.6 Å². The quantitative estimate of drug-likeness (QED) is 0.349. The third kappa shape index (κ3) is 3.06. The van der Waals surface area contributed by atoms with E-state index in [0.717, 1.165) is 4.90 Å². The topological polar surface area (TPSA) is 30.2 Å². The van der Waals surface area contributed by atoms with Crippen LogP contribution in [0.15, 0.2) is 48.7 Å². The predicted octanol–water partition coefficient (Wildman–Crippen LogP) is 4.93. The van der Waals surface area contributed by atoms with E-state index < -0.39 is 24.6 Å². The van der Waals surface area contributed by atoms with Crippen molar-refractivity contribution in [3.8, 4) is 0 Å². The van der Waals surface area contributed by atoms with Crippen molar-refractivity contribution in [3.05, 3.63) is 75.8 Å². The van der Waals surface area contributed by atoms with Gasteiger partial charge in [0.15, 0.2) is 6.20 Å². The lowest BCUT2D eigenvalue weighted by Gasteiger charge is -2.29. The molecule has 1 atom stereocenters. The van der Waals surface area contributed by atoms with Crippen LogP contribution in [0.1, 0.15) is 17.2 Å². The Morgan fingerprint density at radius 2 is 1.89 bits per heavy atom. The van der Waals surface area contributed by atoms with Gasteiger partial charge in [-0.1, -0.05) is 29.8 Å². The highest BCUT2D eigenvalue weighted by molar-refractivity contribution is 6.35. The molecule has 0 saturated heterocycles. The number of benzene rings is 2. The summed E-state index contributed by atoms with van der Waals surface area (Å²) in [6.45, 7) is -1.23. The second-order valence-electron chi connectivity index (χ2n) is 6.43. The Hall–Kier alpha value is -2.54. The van der Waals surface area contributed by atoms with Crippen LogP contribution in [0, 0.1) is 11.0 Å². The van der Waals surface area contributed by atoms with Crippen LogP contribution in [0.3, 0.4) is 0 Å². The van der Waals surface area contributed by atoms with Crippen molar-refractivity contribution in [2.24, 2.45) is 0 Å². The van der Waals surface area contributed by atoms with Gasteiger partial charge in [0, 0.05) is 29.8 Å². The van der Waals surface area contributed by atoms with Crippen LogP contribution in [0.2, 0.25) is 5.02 Å². The zero-order valence-corrected chi connectivity index (χ0v) is 14.6. The highest BCUT2D eigenvalue weighted by Crippen LogP contribution is 2.46. The van der Waals surface area contributed by atoms with Gasteiger partial charge in [-0.15, -0.1) is 0 Å². The zero-order chi connectivity index (χ0) is 19.3. The number of pyridine rings is 1. The van der Waals surface area contributed by atoms with Gasteiger partial charge in [0.1, 0.15) is 12.4 Å². The van der Waals surface area contributed by atoms with Crippen molar-refractivity contribution >= 4 is 28.2 Å². The van der Waals surface area contributed by atoms with Crippen molar-refractivity contribution in [3.63, 3.8) is 0 Å². The van der Waals surface area contributed by atoms with Gasteiger partial charge >= 0.3 is 6.18 Å². The number of nitrogens with zero attached hydrogens (tertiary/aromatic N) is 2. The molecule has 0 N–H and O–H groups in total. The standard InChI is InChI=1S/C19H13ClF4N2O/c20-13-7-8-26(27)16-6-5-15-12(18(13)16)9-17(25(15)10-19(22,23)24)11-3-1-2-4-14(11)21/h1-8,17H,9-10H2. The summed E-state index contributed by atoms with van der Waals surface area (Å²) in [5.74, 6) is -0.572. The highest BCUT2D eigenvalue weighted by Gasteiger charge is 2.41. The summed E-state index contributed by atoms with van der Waals surface area (Å²) < 4.78 is 54.7. The minimum Gasteiger partial charge on any atom is -0.618 e. The Bertz CT molecular complexity index is 1040. The average molecular weight is 397 g/mol. The number of aromatic nitrogens is 1. The maximum atomic E-state index is 14.3. The Labute approximate surface area is 157 Å². The van der Waals surface area contributed by atoms with E-state index in [-0.39, 0.29) is 22.5 Å². The lowest BCUT2D eigenvalue weighted by Crippen LogP contribution is -2.35. The van der Waals surface area contributed by atoms with E-state index in [4.69, 9.17) is 11.6 Å². The third-order valence-corrected chi connectivity index (χ3v) is 5.11. The molecule has 0 fully saturated rings. The van der Waals surface area contributed by atoms with Crippen LogP contribution < -0.4 is 9.63 Å². The molecule has 27 heavy (non-hydrogen) atoms. The predicted molar refractivity (Wildman–Crippen MR) is 94.2 cm³/mol. The molecular weight excluding hydrogens is 384 g/mol. The molecular formula is C19H13ClF4N2O. The first-order valence-electron chi connectivity index (χ1n) is 8.17. The molecule has 0 spiro atoms. The van der Waals surface area contributed by atoms with Crippen LogP contribution in [-0.4, -0.2) is 12.7 Å². The lowest BCUT2D eigenvalue weighted by atomic mass is 9.99. The fourth-order valence-corrected chi connectivity index (χ4v) is 4.00. The van der Waals surface area contributed by atoms with Crippen molar-refractivity contribution < 1.29 is 22.3 Å². The first-order valence-corrected chi connectivity index (χ1v) is 8.55. The molecule has 3 nitrogen and oxygen atoms in total.